The van der Waals surface area contributed by atoms with Crippen molar-refractivity contribution in [1.29, 1.82) is 0 Å². The molecule has 0 radical (unpaired) electrons. The molecule has 5 heteroatoms. The lowest BCUT2D eigenvalue weighted by Gasteiger charge is -2.09. The Labute approximate surface area is 140 Å². The number of hydrogen-bond acceptors (Lipinski definition) is 1. The fourth-order valence-electron chi connectivity index (χ4n) is 2.67. The van der Waals surface area contributed by atoms with Crippen LogP contribution in [0, 0.1) is 0 Å². The molecule has 0 fully saturated rings. The van der Waals surface area contributed by atoms with Gasteiger partial charge in [-0.3, -0.25) is 4.21 Å². The maximum Gasteiger partial charge on any atom is 0.416 e. The van der Waals surface area contributed by atoms with Gasteiger partial charge in [0, 0.05) is 22.3 Å². The van der Waals surface area contributed by atoms with E-state index in [2.05, 4.69) is 0 Å². The van der Waals surface area contributed by atoms with Gasteiger partial charge in [-0.2, -0.15) is 13.2 Å². The first-order chi connectivity index (χ1) is 11.4. The minimum atomic E-state index is -4.38. The van der Waals surface area contributed by atoms with E-state index >= 15 is 0 Å². The van der Waals surface area contributed by atoms with E-state index in [1.807, 2.05) is 42.5 Å². The van der Waals surface area contributed by atoms with E-state index in [9.17, 15) is 17.4 Å². The van der Waals surface area contributed by atoms with E-state index in [1.165, 1.54) is 6.07 Å². The van der Waals surface area contributed by atoms with Gasteiger partial charge >= 0.3 is 6.18 Å². The van der Waals surface area contributed by atoms with Gasteiger partial charge in [-0.05, 0) is 28.0 Å². The number of benzene rings is 3. The minimum absolute atomic E-state index is 0.104. The van der Waals surface area contributed by atoms with Crippen LogP contribution in [0.25, 0.3) is 10.8 Å². The van der Waals surface area contributed by atoms with Crippen LogP contribution in [0.2, 0.25) is 0 Å². The average molecular weight is 348 g/mol. The van der Waals surface area contributed by atoms with Crippen molar-refractivity contribution >= 4 is 21.6 Å². The lowest BCUT2D eigenvalue weighted by atomic mass is 10.1. The Morgan fingerprint density at radius 3 is 2.33 bits per heavy atom. The normalized spacial score (nSPS) is 13.1. The summed E-state index contributed by atoms with van der Waals surface area (Å²) in [6.07, 6.45) is -4.38. The van der Waals surface area contributed by atoms with Crippen LogP contribution >= 0.6 is 0 Å². The average Bonchev–Trinajstić information content (AvgIpc) is 2.54. The van der Waals surface area contributed by atoms with Crippen LogP contribution in [0.1, 0.15) is 16.7 Å². The van der Waals surface area contributed by atoms with Gasteiger partial charge in [-0.25, -0.2) is 0 Å². The summed E-state index contributed by atoms with van der Waals surface area (Å²) in [5.41, 5.74) is 0.670. The van der Waals surface area contributed by atoms with Crippen LogP contribution in [0.4, 0.5) is 13.2 Å². The lowest BCUT2D eigenvalue weighted by molar-refractivity contribution is -0.137. The van der Waals surface area contributed by atoms with Crippen molar-refractivity contribution in [1.82, 2.24) is 0 Å². The first-order valence-corrected chi connectivity index (χ1v) is 8.90. The van der Waals surface area contributed by atoms with Gasteiger partial charge in [-0.15, -0.1) is 0 Å². The molecule has 0 heterocycles. The molecule has 0 aromatic heterocycles. The van der Waals surface area contributed by atoms with Gasteiger partial charge in [-0.1, -0.05) is 60.7 Å². The topological polar surface area (TPSA) is 17.1 Å². The first kappa shape index (κ1) is 16.7. The third kappa shape index (κ3) is 3.85. The molecule has 1 atom stereocenters. The predicted octanol–water partition coefficient (Wildman–Crippen LogP) is 5.31. The maximum absolute atomic E-state index is 12.8. The van der Waals surface area contributed by atoms with Crippen molar-refractivity contribution in [2.24, 2.45) is 0 Å². The Balaban J connectivity index is 1.78. The summed E-state index contributed by atoms with van der Waals surface area (Å²) in [6, 6.07) is 18.6. The van der Waals surface area contributed by atoms with E-state index in [4.69, 9.17) is 0 Å². The summed E-state index contributed by atoms with van der Waals surface area (Å²) in [6.45, 7) is 0. The number of rotatable bonds is 4. The molecule has 0 amide bonds. The van der Waals surface area contributed by atoms with Gasteiger partial charge in [0.05, 0.1) is 5.56 Å². The van der Waals surface area contributed by atoms with E-state index < -0.39 is 22.5 Å². The molecule has 0 aliphatic heterocycles. The zero-order chi connectivity index (χ0) is 17.2. The van der Waals surface area contributed by atoms with Gasteiger partial charge in [0.2, 0.25) is 0 Å². The maximum atomic E-state index is 12.8. The summed E-state index contributed by atoms with van der Waals surface area (Å²) in [7, 11) is -1.28. The quantitative estimate of drug-likeness (QED) is 0.625. The molecule has 24 heavy (non-hydrogen) atoms. The lowest BCUT2D eigenvalue weighted by Crippen LogP contribution is -2.06. The van der Waals surface area contributed by atoms with Gasteiger partial charge in [0.15, 0.2) is 0 Å². The molecule has 0 N–H and O–H groups in total. The van der Waals surface area contributed by atoms with Crippen molar-refractivity contribution in [3.63, 3.8) is 0 Å². The van der Waals surface area contributed by atoms with Gasteiger partial charge in [0.25, 0.3) is 0 Å². The van der Waals surface area contributed by atoms with Crippen LogP contribution in [0.15, 0.2) is 66.7 Å². The Bertz CT molecular complexity index is 882. The molecule has 0 aliphatic rings. The highest BCUT2D eigenvalue weighted by molar-refractivity contribution is 7.83. The second kappa shape index (κ2) is 6.77. The molecule has 1 unspecified atom stereocenters. The van der Waals surface area contributed by atoms with Crippen LogP contribution in [-0.2, 0) is 28.5 Å². The van der Waals surface area contributed by atoms with Crippen molar-refractivity contribution in [2.75, 3.05) is 0 Å². The van der Waals surface area contributed by atoms with Crippen LogP contribution < -0.4 is 0 Å². The van der Waals surface area contributed by atoms with Crippen molar-refractivity contribution < 1.29 is 17.4 Å². The molecule has 3 rings (SSSR count). The molecule has 0 saturated carbocycles. The van der Waals surface area contributed by atoms with Gasteiger partial charge in [0.1, 0.15) is 0 Å². The highest BCUT2D eigenvalue weighted by atomic mass is 32.2. The molecule has 0 saturated heterocycles. The number of halogens is 3. The number of fused-ring (bicyclic) bond motifs is 1. The Kier molecular flexibility index (Phi) is 4.71. The SMILES string of the molecule is O=S(Cc1cccc(C(F)(F)F)c1)Cc1cccc2ccccc12. The molecular formula is C19H15F3OS. The predicted molar refractivity (Wildman–Crippen MR) is 90.9 cm³/mol. The van der Waals surface area contributed by atoms with Crippen molar-refractivity contribution in [3.8, 4) is 0 Å². The monoisotopic (exact) mass is 348 g/mol. The number of hydrogen-bond donors (Lipinski definition) is 0. The molecule has 3 aromatic carbocycles. The van der Waals surface area contributed by atoms with E-state index in [0.717, 1.165) is 28.5 Å². The molecule has 0 aliphatic carbocycles. The Morgan fingerprint density at radius 2 is 1.54 bits per heavy atom. The summed E-state index contributed by atoms with van der Waals surface area (Å²) >= 11 is 0. The second-order valence-electron chi connectivity index (χ2n) is 5.56. The third-order valence-electron chi connectivity index (χ3n) is 3.78. The first-order valence-electron chi connectivity index (χ1n) is 7.41. The summed E-state index contributed by atoms with van der Waals surface area (Å²) in [4.78, 5) is 0. The minimum Gasteiger partial charge on any atom is -0.259 e. The van der Waals surface area contributed by atoms with E-state index in [0.29, 0.717) is 11.3 Å². The summed E-state index contributed by atoms with van der Waals surface area (Å²) < 4.78 is 50.7. The third-order valence-corrected chi connectivity index (χ3v) is 5.07. The van der Waals surface area contributed by atoms with Gasteiger partial charge < -0.3 is 0 Å². The summed E-state index contributed by atoms with van der Waals surface area (Å²) in [5, 5.41) is 2.09. The zero-order valence-electron chi connectivity index (χ0n) is 12.7. The highest BCUT2D eigenvalue weighted by Crippen LogP contribution is 2.30. The smallest absolute Gasteiger partial charge is 0.259 e. The molecule has 0 spiro atoms. The van der Waals surface area contributed by atoms with E-state index in [-0.39, 0.29) is 5.75 Å². The van der Waals surface area contributed by atoms with Crippen LogP contribution in [0.3, 0.4) is 0 Å². The largest absolute Gasteiger partial charge is 0.416 e. The van der Waals surface area contributed by atoms with Crippen molar-refractivity contribution in [3.05, 3.63) is 83.4 Å². The fraction of sp³-hybridized carbons (Fsp3) is 0.158. The standard InChI is InChI=1S/C19H15F3OS/c20-19(21,22)17-9-3-5-14(11-17)12-24(23)13-16-8-4-7-15-6-1-2-10-18(15)16/h1-11H,12-13H2. The van der Waals surface area contributed by atoms with Crippen LogP contribution in [-0.4, -0.2) is 4.21 Å². The van der Waals surface area contributed by atoms with Crippen LogP contribution in [0.5, 0.6) is 0 Å². The Morgan fingerprint density at radius 1 is 0.833 bits per heavy atom. The molecular weight excluding hydrogens is 333 g/mol. The zero-order valence-corrected chi connectivity index (χ0v) is 13.5. The van der Waals surface area contributed by atoms with Crippen molar-refractivity contribution in [2.45, 2.75) is 17.7 Å². The Hall–Kier alpha value is -2.14. The molecule has 3 aromatic rings. The highest BCUT2D eigenvalue weighted by Gasteiger charge is 2.30. The second-order valence-corrected chi connectivity index (χ2v) is 7.02. The molecule has 0 bridgehead atoms. The summed E-state index contributed by atoms with van der Waals surface area (Å²) in [5.74, 6) is 0.421. The molecule has 124 valence electrons. The fourth-order valence-corrected chi connectivity index (χ4v) is 3.92. The molecule has 1 nitrogen and oxygen atoms in total. The van der Waals surface area contributed by atoms with E-state index in [1.54, 1.807) is 6.07 Å². The number of alkyl halides is 3.